The van der Waals surface area contributed by atoms with Crippen LogP contribution in [0.2, 0.25) is 0 Å². The summed E-state index contributed by atoms with van der Waals surface area (Å²) in [4.78, 5) is 0. The van der Waals surface area contributed by atoms with E-state index in [1.807, 2.05) is 12.1 Å². The molecule has 1 aromatic carbocycles. The largest absolute Gasteiger partial charge is 0.504 e. The Morgan fingerprint density at radius 1 is 1.20 bits per heavy atom. The number of aliphatic hydroxyl groups excluding tert-OH is 1. The number of fused-ring (bicyclic) bond motifs is 3. The van der Waals surface area contributed by atoms with Gasteiger partial charge in [-0.05, 0) is 49.1 Å². The predicted molar refractivity (Wildman–Crippen MR) is 75.2 cm³/mol. The molecule has 0 radical (unpaired) electrons. The monoisotopic (exact) mass is 278 g/mol. The Morgan fingerprint density at radius 3 is 2.70 bits per heavy atom. The molecule has 0 bridgehead atoms. The summed E-state index contributed by atoms with van der Waals surface area (Å²) in [6.07, 6.45) is 3.04. The second-order valence-electron chi connectivity index (χ2n) is 5.91. The summed E-state index contributed by atoms with van der Waals surface area (Å²) in [5.41, 5.74) is 2.17. The molecule has 0 heterocycles. The fourth-order valence-corrected chi connectivity index (χ4v) is 3.92. The Bertz CT molecular complexity index is 499. The zero-order chi connectivity index (χ0) is 14.3. The van der Waals surface area contributed by atoms with Gasteiger partial charge < -0.3 is 19.7 Å². The molecule has 4 atom stereocenters. The van der Waals surface area contributed by atoms with Crippen molar-refractivity contribution in [3.8, 4) is 11.5 Å². The van der Waals surface area contributed by atoms with E-state index in [-0.39, 0.29) is 17.8 Å². The van der Waals surface area contributed by atoms with E-state index in [4.69, 9.17) is 9.47 Å². The van der Waals surface area contributed by atoms with E-state index in [2.05, 4.69) is 0 Å². The van der Waals surface area contributed by atoms with Gasteiger partial charge in [0.15, 0.2) is 11.5 Å². The summed E-state index contributed by atoms with van der Waals surface area (Å²) in [5, 5.41) is 20.7. The van der Waals surface area contributed by atoms with Gasteiger partial charge in [0.1, 0.15) is 0 Å². The number of ether oxygens (including phenoxy) is 2. The number of aliphatic hydroxyl groups is 1. The number of benzene rings is 1. The number of aryl methyl sites for hydroxylation is 1. The Hall–Kier alpha value is -1.26. The Morgan fingerprint density at radius 2 is 2.00 bits per heavy atom. The Labute approximate surface area is 119 Å². The highest BCUT2D eigenvalue weighted by Gasteiger charge is 2.41. The summed E-state index contributed by atoms with van der Waals surface area (Å²) in [5.74, 6) is 1.44. The van der Waals surface area contributed by atoms with Gasteiger partial charge in [0.25, 0.3) is 0 Å². The van der Waals surface area contributed by atoms with Crippen LogP contribution >= 0.6 is 0 Å². The van der Waals surface area contributed by atoms with Gasteiger partial charge in [0.05, 0.1) is 19.3 Å². The number of hydrogen-bond acceptors (Lipinski definition) is 4. The number of rotatable bonds is 2. The fraction of sp³-hybridized carbons (Fsp3) is 0.625. The van der Waals surface area contributed by atoms with E-state index in [0.717, 1.165) is 24.8 Å². The lowest BCUT2D eigenvalue weighted by Crippen LogP contribution is -2.41. The number of methoxy groups -OCH3 is 2. The Balaban J connectivity index is 1.98. The van der Waals surface area contributed by atoms with Crippen LogP contribution in [-0.4, -0.2) is 36.6 Å². The van der Waals surface area contributed by atoms with Gasteiger partial charge in [0, 0.05) is 12.7 Å². The first-order valence-corrected chi connectivity index (χ1v) is 7.25. The number of hydrogen-bond donors (Lipinski definition) is 2. The van der Waals surface area contributed by atoms with Crippen LogP contribution in [0.15, 0.2) is 12.1 Å². The molecule has 2 aliphatic rings. The van der Waals surface area contributed by atoms with E-state index < -0.39 is 6.10 Å². The SMILES string of the molecule is COc1ccc2c(c1O)C1CC(O)C(OC)CC1CC2. The number of aromatic hydroxyl groups is 1. The highest BCUT2D eigenvalue weighted by atomic mass is 16.5. The third-order valence-electron chi connectivity index (χ3n) is 4.98. The molecule has 20 heavy (non-hydrogen) atoms. The topological polar surface area (TPSA) is 58.9 Å². The summed E-state index contributed by atoms with van der Waals surface area (Å²) in [7, 11) is 3.23. The minimum Gasteiger partial charge on any atom is -0.504 e. The normalized spacial score (nSPS) is 32.4. The molecule has 2 aliphatic carbocycles. The van der Waals surface area contributed by atoms with Crippen molar-refractivity contribution in [2.24, 2.45) is 5.92 Å². The quantitative estimate of drug-likeness (QED) is 0.871. The zero-order valence-corrected chi connectivity index (χ0v) is 12.0. The fourth-order valence-electron chi connectivity index (χ4n) is 3.92. The molecule has 2 N–H and O–H groups in total. The van der Waals surface area contributed by atoms with E-state index in [9.17, 15) is 10.2 Å². The number of phenolic OH excluding ortho intramolecular Hbond substituents is 1. The minimum atomic E-state index is -0.460. The molecular formula is C16H22O4. The van der Waals surface area contributed by atoms with Crippen LogP contribution in [0.4, 0.5) is 0 Å². The second kappa shape index (κ2) is 5.26. The first-order chi connectivity index (χ1) is 9.65. The van der Waals surface area contributed by atoms with Crippen molar-refractivity contribution in [2.45, 2.75) is 43.8 Å². The van der Waals surface area contributed by atoms with Crippen LogP contribution in [0.5, 0.6) is 11.5 Å². The van der Waals surface area contributed by atoms with E-state index in [1.165, 1.54) is 5.56 Å². The molecule has 1 aromatic rings. The predicted octanol–water partition coefficient (Wildman–Crippen LogP) is 2.22. The van der Waals surface area contributed by atoms with Crippen LogP contribution < -0.4 is 4.74 Å². The van der Waals surface area contributed by atoms with Gasteiger partial charge in [-0.2, -0.15) is 0 Å². The first kappa shape index (κ1) is 13.7. The van der Waals surface area contributed by atoms with Gasteiger partial charge in [-0.3, -0.25) is 0 Å². The molecule has 1 saturated carbocycles. The maximum Gasteiger partial charge on any atom is 0.161 e. The molecular weight excluding hydrogens is 256 g/mol. The zero-order valence-electron chi connectivity index (χ0n) is 12.0. The van der Waals surface area contributed by atoms with Crippen molar-refractivity contribution in [3.63, 3.8) is 0 Å². The molecule has 0 aromatic heterocycles. The Kier molecular flexibility index (Phi) is 3.61. The van der Waals surface area contributed by atoms with Crippen molar-refractivity contribution in [1.82, 2.24) is 0 Å². The summed E-state index contributed by atoms with van der Waals surface area (Å²) < 4.78 is 10.6. The maximum absolute atomic E-state index is 10.4. The van der Waals surface area contributed by atoms with Crippen molar-refractivity contribution in [1.29, 1.82) is 0 Å². The van der Waals surface area contributed by atoms with Crippen LogP contribution in [0, 0.1) is 5.92 Å². The van der Waals surface area contributed by atoms with Crippen LogP contribution in [0.3, 0.4) is 0 Å². The third-order valence-corrected chi connectivity index (χ3v) is 4.98. The lowest BCUT2D eigenvalue weighted by molar-refractivity contribution is -0.0600. The van der Waals surface area contributed by atoms with Gasteiger partial charge >= 0.3 is 0 Å². The molecule has 0 saturated heterocycles. The average Bonchev–Trinajstić information content (AvgIpc) is 2.46. The molecule has 0 amide bonds. The molecule has 0 spiro atoms. The van der Waals surface area contributed by atoms with E-state index >= 15 is 0 Å². The second-order valence-corrected chi connectivity index (χ2v) is 5.91. The molecule has 4 unspecified atom stereocenters. The van der Waals surface area contributed by atoms with Crippen molar-refractivity contribution < 1.29 is 19.7 Å². The summed E-state index contributed by atoms with van der Waals surface area (Å²) >= 11 is 0. The van der Waals surface area contributed by atoms with Crippen molar-refractivity contribution in [2.75, 3.05) is 14.2 Å². The highest BCUT2D eigenvalue weighted by Crippen LogP contribution is 2.50. The van der Waals surface area contributed by atoms with Crippen LogP contribution in [0.1, 0.15) is 36.3 Å². The summed E-state index contributed by atoms with van der Waals surface area (Å²) in [6, 6.07) is 3.87. The highest BCUT2D eigenvalue weighted by molar-refractivity contribution is 5.53. The van der Waals surface area contributed by atoms with Crippen LogP contribution in [0.25, 0.3) is 0 Å². The van der Waals surface area contributed by atoms with E-state index in [0.29, 0.717) is 18.1 Å². The van der Waals surface area contributed by atoms with E-state index in [1.54, 1.807) is 14.2 Å². The lowest BCUT2D eigenvalue weighted by atomic mass is 9.66. The molecule has 0 aliphatic heterocycles. The third kappa shape index (κ3) is 2.07. The van der Waals surface area contributed by atoms with Gasteiger partial charge in [-0.25, -0.2) is 0 Å². The van der Waals surface area contributed by atoms with Gasteiger partial charge in [-0.15, -0.1) is 0 Å². The molecule has 1 fully saturated rings. The standard InChI is InChI=1S/C16H22O4/c1-19-13-6-5-9-3-4-10-7-14(20-2)12(17)8-11(10)15(9)16(13)18/h5-6,10-12,14,17-18H,3-4,7-8H2,1-2H3. The molecule has 110 valence electrons. The lowest BCUT2D eigenvalue weighted by Gasteiger charge is -2.42. The molecule has 4 nitrogen and oxygen atoms in total. The maximum atomic E-state index is 10.4. The van der Waals surface area contributed by atoms with Crippen molar-refractivity contribution in [3.05, 3.63) is 23.3 Å². The summed E-state index contributed by atoms with van der Waals surface area (Å²) in [6.45, 7) is 0. The van der Waals surface area contributed by atoms with Gasteiger partial charge in [-0.1, -0.05) is 6.07 Å². The first-order valence-electron chi connectivity index (χ1n) is 7.25. The smallest absolute Gasteiger partial charge is 0.161 e. The molecule has 3 rings (SSSR count). The van der Waals surface area contributed by atoms with Crippen molar-refractivity contribution >= 4 is 0 Å². The number of phenols is 1. The van der Waals surface area contributed by atoms with Gasteiger partial charge in [0.2, 0.25) is 0 Å². The van der Waals surface area contributed by atoms with Crippen LogP contribution in [-0.2, 0) is 11.2 Å². The minimum absolute atomic E-state index is 0.0782. The average molecular weight is 278 g/mol. The molecule has 4 heteroatoms.